The second kappa shape index (κ2) is 8.43. The van der Waals surface area contributed by atoms with Gasteiger partial charge in [-0.3, -0.25) is 0 Å². The molecule has 1 N–H and O–H groups in total. The Morgan fingerprint density at radius 1 is 1.22 bits per heavy atom. The number of nitrogens with one attached hydrogen (secondary N) is 1. The third kappa shape index (κ3) is 10.2. The van der Waals surface area contributed by atoms with Gasteiger partial charge in [0.25, 0.3) is 0 Å². The fourth-order valence-electron chi connectivity index (χ4n) is 1.58. The van der Waals surface area contributed by atoms with Crippen molar-refractivity contribution >= 4 is 21.6 Å². The van der Waals surface area contributed by atoms with Gasteiger partial charge in [0.05, 0.1) is 5.75 Å². The topological polar surface area (TPSA) is 46.2 Å². The lowest BCUT2D eigenvalue weighted by Gasteiger charge is -2.23. The minimum atomic E-state index is -2.81. The molecule has 0 radical (unpaired) electrons. The molecule has 0 aromatic heterocycles. The van der Waals surface area contributed by atoms with E-state index in [1.165, 1.54) is 0 Å². The first-order valence-corrected chi connectivity index (χ1v) is 9.58. The van der Waals surface area contributed by atoms with Crippen LogP contribution in [-0.2, 0) is 9.84 Å². The van der Waals surface area contributed by atoms with Gasteiger partial charge in [0.15, 0.2) is 0 Å². The molecule has 5 heteroatoms. The van der Waals surface area contributed by atoms with E-state index in [9.17, 15) is 8.42 Å². The quantitative estimate of drug-likeness (QED) is 0.710. The van der Waals surface area contributed by atoms with E-state index in [-0.39, 0.29) is 10.5 Å². The molecule has 1 unspecified atom stereocenters. The fraction of sp³-hybridized carbons (Fsp3) is 1.00. The van der Waals surface area contributed by atoms with Crippen molar-refractivity contribution < 1.29 is 8.42 Å². The van der Waals surface area contributed by atoms with Crippen molar-refractivity contribution in [3.05, 3.63) is 0 Å². The molecule has 0 aliphatic heterocycles. The van der Waals surface area contributed by atoms with Crippen molar-refractivity contribution in [2.75, 3.05) is 23.8 Å². The van der Waals surface area contributed by atoms with Gasteiger partial charge in [0.1, 0.15) is 9.84 Å². The Morgan fingerprint density at radius 2 is 1.83 bits per heavy atom. The molecule has 0 aliphatic carbocycles. The van der Waals surface area contributed by atoms with Crippen LogP contribution in [0.4, 0.5) is 0 Å². The normalized spacial score (nSPS) is 14.7. The number of thioether (sulfide) groups is 1. The largest absolute Gasteiger partial charge is 0.313 e. The summed E-state index contributed by atoms with van der Waals surface area (Å²) in [7, 11) is -2.81. The molecule has 1 atom stereocenters. The van der Waals surface area contributed by atoms with Crippen molar-refractivity contribution in [1.29, 1.82) is 0 Å². The summed E-state index contributed by atoms with van der Waals surface area (Å²) in [6.45, 7) is 11.4. The highest BCUT2D eigenvalue weighted by Crippen LogP contribution is 2.24. The van der Waals surface area contributed by atoms with Crippen LogP contribution in [-0.4, -0.2) is 43.0 Å². The van der Waals surface area contributed by atoms with Crippen LogP contribution in [0, 0.1) is 0 Å². The fourth-order valence-corrected chi connectivity index (χ4v) is 3.46. The predicted molar refractivity (Wildman–Crippen MR) is 83.2 cm³/mol. The Morgan fingerprint density at radius 3 is 2.28 bits per heavy atom. The number of rotatable bonds is 9. The molecule has 0 spiro atoms. The zero-order chi connectivity index (χ0) is 14.2. The first-order valence-electron chi connectivity index (χ1n) is 6.78. The monoisotopic (exact) mass is 295 g/mol. The maximum Gasteiger partial charge on any atom is 0.150 e. The van der Waals surface area contributed by atoms with Crippen molar-refractivity contribution in [2.45, 2.75) is 58.2 Å². The molecule has 0 aliphatic rings. The van der Waals surface area contributed by atoms with Crippen LogP contribution in [0.25, 0.3) is 0 Å². The highest BCUT2D eigenvalue weighted by molar-refractivity contribution is 8.00. The minimum Gasteiger partial charge on any atom is -0.313 e. The third-order valence-corrected chi connectivity index (χ3v) is 5.88. The zero-order valence-corrected chi connectivity index (χ0v) is 14.1. The summed E-state index contributed by atoms with van der Waals surface area (Å²) in [5, 5.41) is 3.44. The van der Waals surface area contributed by atoms with Crippen LogP contribution in [0.1, 0.15) is 47.5 Å². The van der Waals surface area contributed by atoms with E-state index in [4.69, 9.17) is 0 Å². The highest BCUT2D eigenvalue weighted by Gasteiger charge is 2.16. The molecule has 0 fully saturated rings. The van der Waals surface area contributed by atoms with Crippen LogP contribution in [0.5, 0.6) is 0 Å². The summed E-state index contributed by atoms with van der Waals surface area (Å²) < 4.78 is 23.1. The van der Waals surface area contributed by atoms with Gasteiger partial charge >= 0.3 is 0 Å². The molecule has 0 saturated carbocycles. The molecule has 0 aromatic carbocycles. The Labute approximate surface area is 117 Å². The van der Waals surface area contributed by atoms with E-state index in [2.05, 4.69) is 33.0 Å². The van der Waals surface area contributed by atoms with Crippen molar-refractivity contribution in [3.63, 3.8) is 0 Å². The van der Waals surface area contributed by atoms with E-state index in [1.807, 2.05) is 11.8 Å². The average Bonchev–Trinajstić information content (AvgIpc) is 2.24. The van der Waals surface area contributed by atoms with Gasteiger partial charge in [0.2, 0.25) is 0 Å². The molecule has 0 heterocycles. The second-order valence-electron chi connectivity index (χ2n) is 5.56. The number of hydrogen-bond acceptors (Lipinski definition) is 4. The Balaban J connectivity index is 4.05. The summed E-state index contributed by atoms with van der Waals surface area (Å²) in [6, 6.07) is 0.422. The summed E-state index contributed by atoms with van der Waals surface area (Å²) in [5.41, 5.74) is 0. The van der Waals surface area contributed by atoms with Gasteiger partial charge in [-0.15, -0.1) is 0 Å². The molecule has 18 heavy (non-hydrogen) atoms. The Bertz CT molecular complexity index is 307. The minimum absolute atomic E-state index is 0.260. The molecule has 0 rings (SSSR count). The predicted octanol–water partition coefficient (Wildman–Crippen LogP) is 2.71. The molecular weight excluding hydrogens is 266 g/mol. The van der Waals surface area contributed by atoms with Gasteiger partial charge < -0.3 is 5.32 Å². The van der Waals surface area contributed by atoms with Crippen LogP contribution >= 0.6 is 11.8 Å². The van der Waals surface area contributed by atoms with Gasteiger partial charge in [-0.05, 0) is 19.4 Å². The SMILES string of the molecule is CCNC(CCCS(=O)(=O)CC)CSC(C)(C)C. The standard InChI is InChI=1S/C13H29NO2S2/c1-6-14-12(11-17-13(3,4)5)9-8-10-18(15,16)7-2/h12,14H,6-11H2,1-5H3. The molecule has 3 nitrogen and oxygen atoms in total. The van der Waals surface area contributed by atoms with Crippen LogP contribution in [0.2, 0.25) is 0 Å². The second-order valence-corrected chi connectivity index (χ2v) is 9.88. The summed E-state index contributed by atoms with van der Waals surface area (Å²) in [6.07, 6.45) is 1.70. The molecule has 0 aromatic rings. The third-order valence-electron chi connectivity index (χ3n) is 2.66. The van der Waals surface area contributed by atoms with Crippen LogP contribution < -0.4 is 5.32 Å². The van der Waals surface area contributed by atoms with E-state index in [1.54, 1.807) is 6.92 Å². The van der Waals surface area contributed by atoms with Gasteiger partial charge in [-0.25, -0.2) is 8.42 Å². The Kier molecular flexibility index (Phi) is 8.56. The number of sulfone groups is 1. The molecule has 0 saturated heterocycles. The first kappa shape index (κ1) is 18.3. The summed E-state index contributed by atoms with van der Waals surface area (Å²) in [4.78, 5) is 0. The smallest absolute Gasteiger partial charge is 0.150 e. The summed E-state index contributed by atoms with van der Waals surface area (Å²) >= 11 is 1.93. The summed E-state index contributed by atoms with van der Waals surface area (Å²) in [5.74, 6) is 1.63. The van der Waals surface area contributed by atoms with E-state index < -0.39 is 9.84 Å². The van der Waals surface area contributed by atoms with Gasteiger partial charge in [-0.1, -0.05) is 34.6 Å². The molecule has 0 bridgehead atoms. The first-order chi connectivity index (χ1) is 8.20. The molecular formula is C13H29NO2S2. The maximum atomic E-state index is 11.4. The highest BCUT2D eigenvalue weighted by atomic mass is 32.2. The number of hydrogen-bond donors (Lipinski definition) is 1. The van der Waals surface area contributed by atoms with Gasteiger partial charge in [-0.2, -0.15) is 11.8 Å². The average molecular weight is 296 g/mol. The van der Waals surface area contributed by atoms with E-state index >= 15 is 0 Å². The maximum absolute atomic E-state index is 11.4. The van der Waals surface area contributed by atoms with Crippen LogP contribution in [0.15, 0.2) is 0 Å². The van der Waals surface area contributed by atoms with Gasteiger partial charge in [0, 0.05) is 22.3 Å². The Hall–Kier alpha value is 0.260. The zero-order valence-electron chi connectivity index (χ0n) is 12.5. The van der Waals surface area contributed by atoms with Crippen molar-refractivity contribution in [2.24, 2.45) is 0 Å². The lowest BCUT2D eigenvalue weighted by atomic mass is 10.2. The molecule has 0 amide bonds. The molecule has 110 valence electrons. The lowest BCUT2D eigenvalue weighted by molar-refractivity contribution is 0.525. The van der Waals surface area contributed by atoms with E-state index in [0.29, 0.717) is 11.8 Å². The van der Waals surface area contributed by atoms with Crippen LogP contribution in [0.3, 0.4) is 0 Å². The van der Waals surface area contributed by atoms with Crippen molar-refractivity contribution in [1.82, 2.24) is 5.32 Å². The van der Waals surface area contributed by atoms with Crippen molar-refractivity contribution in [3.8, 4) is 0 Å². The van der Waals surface area contributed by atoms with E-state index in [0.717, 1.165) is 25.1 Å². The lowest BCUT2D eigenvalue weighted by Crippen LogP contribution is -2.33.